The first-order valence-corrected chi connectivity index (χ1v) is 6.71. The van der Waals surface area contributed by atoms with E-state index in [0.29, 0.717) is 0 Å². The third kappa shape index (κ3) is 1.79. The monoisotopic (exact) mass is 310 g/mol. The molecular formula is C12H8BrFN2S. The van der Waals surface area contributed by atoms with Gasteiger partial charge in [-0.15, -0.1) is 11.3 Å². The van der Waals surface area contributed by atoms with Crippen LogP contribution in [0.15, 0.2) is 34.2 Å². The Morgan fingerprint density at radius 2 is 2.24 bits per heavy atom. The number of hydrogen-bond acceptors (Lipinski definition) is 2. The van der Waals surface area contributed by atoms with Gasteiger partial charge in [0.25, 0.3) is 0 Å². The summed E-state index contributed by atoms with van der Waals surface area (Å²) in [6, 6.07) is 4.64. The third-order valence-electron chi connectivity index (χ3n) is 2.60. The lowest BCUT2D eigenvalue weighted by Gasteiger charge is -2.00. The summed E-state index contributed by atoms with van der Waals surface area (Å²) in [4.78, 5) is 5.48. The molecule has 0 spiro atoms. The first-order chi connectivity index (χ1) is 8.15. The van der Waals surface area contributed by atoms with Crippen molar-refractivity contribution in [3.05, 3.63) is 45.8 Å². The number of nitrogens with zero attached hydrogens (tertiary/aromatic N) is 2. The maximum Gasteiger partial charge on any atom is 0.194 e. The molecule has 2 heterocycles. The van der Waals surface area contributed by atoms with E-state index >= 15 is 0 Å². The summed E-state index contributed by atoms with van der Waals surface area (Å²) in [5.74, 6) is -0.252. The van der Waals surface area contributed by atoms with E-state index in [4.69, 9.17) is 0 Å². The summed E-state index contributed by atoms with van der Waals surface area (Å²) < 4.78 is 15.8. The van der Waals surface area contributed by atoms with Crippen LogP contribution in [0.1, 0.15) is 5.69 Å². The van der Waals surface area contributed by atoms with Gasteiger partial charge < -0.3 is 0 Å². The summed E-state index contributed by atoms with van der Waals surface area (Å²) in [5.41, 5.74) is 2.91. The van der Waals surface area contributed by atoms with Crippen LogP contribution < -0.4 is 0 Å². The fraction of sp³-hybridized carbons (Fsp3) is 0.0833. The first-order valence-electron chi connectivity index (χ1n) is 5.04. The molecule has 5 heteroatoms. The second kappa shape index (κ2) is 3.92. The predicted octanol–water partition coefficient (Wildman–Crippen LogP) is 4.27. The largest absolute Gasteiger partial charge is 0.294 e. The molecule has 2 nitrogen and oxygen atoms in total. The minimum atomic E-state index is -0.252. The standard InChI is InChI=1S/C12H8BrFN2S/c1-7-6-17-12-15-11(5-16(7)12)9-3-2-8(14)4-10(9)13/h2-6H,1H3. The van der Waals surface area contributed by atoms with Crippen molar-refractivity contribution in [2.45, 2.75) is 6.92 Å². The molecule has 86 valence electrons. The van der Waals surface area contributed by atoms with Crippen LogP contribution in [0, 0.1) is 12.7 Å². The van der Waals surface area contributed by atoms with Crippen LogP contribution >= 0.6 is 27.3 Å². The number of imidazole rings is 1. The number of thiazole rings is 1. The molecule has 0 N–H and O–H groups in total. The van der Waals surface area contributed by atoms with E-state index in [1.54, 1.807) is 17.4 Å². The zero-order valence-electron chi connectivity index (χ0n) is 8.95. The minimum absolute atomic E-state index is 0.252. The maximum atomic E-state index is 13.0. The number of benzene rings is 1. The van der Waals surface area contributed by atoms with E-state index in [0.717, 1.165) is 26.4 Å². The van der Waals surface area contributed by atoms with Gasteiger partial charge >= 0.3 is 0 Å². The Morgan fingerprint density at radius 3 is 2.94 bits per heavy atom. The summed E-state index contributed by atoms with van der Waals surface area (Å²) in [6.07, 6.45) is 1.97. The van der Waals surface area contributed by atoms with Gasteiger partial charge in [-0.25, -0.2) is 9.37 Å². The lowest BCUT2D eigenvalue weighted by Crippen LogP contribution is -1.82. The molecule has 3 aromatic rings. The smallest absolute Gasteiger partial charge is 0.194 e. The molecule has 1 aromatic carbocycles. The van der Waals surface area contributed by atoms with Crippen LogP contribution in [0.25, 0.3) is 16.2 Å². The number of hydrogen-bond donors (Lipinski definition) is 0. The van der Waals surface area contributed by atoms with Crippen LogP contribution in [0.3, 0.4) is 0 Å². The number of aromatic nitrogens is 2. The zero-order chi connectivity index (χ0) is 12.0. The molecular weight excluding hydrogens is 303 g/mol. The van der Waals surface area contributed by atoms with Crippen molar-refractivity contribution in [1.82, 2.24) is 9.38 Å². The normalized spacial score (nSPS) is 11.2. The maximum absolute atomic E-state index is 13.0. The number of aryl methyl sites for hydroxylation is 1. The summed E-state index contributed by atoms with van der Waals surface area (Å²) in [5, 5.41) is 2.06. The lowest BCUT2D eigenvalue weighted by molar-refractivity contribution is 0.627. The summed E-state index contributed by atoms with van der Waals surface area (Å²) in [7, 11) is 0. The molecule has 0 saturated heterocycles. The quantitative estimate of drug-likeness (QED) is 0.656. The first kappa shape index (κ1) is 10.9. The predicted molar refractivity (Wildman–Crippen MR) is 70.9 cm³/mol. The summed E-state index contributed by atoms with van der Waals surface area (Å²) in [6.45, 7) is 2.04. The molecule has 0 bridgehead atoms. The molecule has 3 rings (SSSR count). The Bertz CT molecular complexity index is 702. The molecule has 17 heavy (non-hydrogen) atoms. The molecule has 0 unspecified atom stereocenters. The van der Waals surface area contributed by atoms with Crippen LogP contribution in [0.4, 0.5) is 4.39 Å². The Morgan fingerprint density at radius 1 is 1.41 bits per heavy atom. The number of halogens is 2. The number of rotatable bonds is 1. The van der Waals surface area contributed by atoms with Crippen molar-refractivity contribution in [3.8, 4) is 11.3 Å². The average Bonchev–Trinajstić information content (AvgIpc) is 2.81. The van der Waals surface area contributed by atoms with E-state index in [9.17, 15) is 4.39 Å². The van der Waals surface area contributed by atoms with Crippen molar-refractivity contribution in [2.75, 3.05) is 0 Å². The van der Waals surface area contributed by atoms with Gasteiger partial charge in [0.05, 0.1) is 5.69 Å². The van der Waals surface area contributed by atoms with Crippen molar-refractivity contribution in [2.24, 2.45) is 0 Å². The molecule has 0 radical (unpaired) electrons. The van der Waals surface area contributed by atoms with Crippen LogP contribution in [0.5, 0.6) is 0 Å². The van der Waals surface area contributed by atoms with Crippen molar-refractivity contribution in [1.29, 1.82) is 0 Å². The van der Waals surface area contributed by atoms with Crippen LogP contribution in [-0.2, 0) is 0 Å². The fourth-order valence-corrected chi connectivity index (χ4v) is 3.13. The highest BCUT2D eigenvalue weighted by Crippen LogP contribution is 2.29. The van der Waals surface area contributed by atoms with Gasteiger partial charge in [-0.05, 0) is 41.1 Å². The van der Waals surface area contributed by atoms with Gasteiger partial charge in [0.15, 0.2) is 4.96 Å². The van der Waals surface area contributed by atoms with Gasteiger partial charge in [-0.1, -0.05) is 0 Å². The number of fused-ring (bicyclic) bond motifs is 1. The molecule has 0 atom stereocenters. The van der Waals surface area contributed by atoms with Crippen molar-refractivity contribution < 1.29 is 4.39 Å². The Kier molecular flexibility index (Phi) is 2.52. The van der Waals surface area contributed by atoms with Gasteiger partial charge in [-0.3, -0.25) is 4.40 Å². The van der Waals surface area contributed by atoms with E-state index in [1.807, 2.05) is 17.5 Å². The third-order valence-corrected chi connectivity index (χ3v) is 4.21. The van der Waals surface area contributed by atoms with Gasteiger partial charge in [-0.2, -0.15) is 0 Å². The Hall–Kier alpha value is -1.20. The fourth-order valence-electron chi connectivity index (χ4n) is 1.72. The minimum Gasteiger partial charge on any atom is -0.294 e. The van der Waals surface area contributed by atoms with Crippen LogP contribution in [-0.4, -0.2) is 9.38 Å². The highest BCUT2D eigenvalue weighted by Gasteiger charge is 2.10. The van der Waals surface area contributed by atoms with Crippen LogP contribution in [0.2, 0.25) is 0 Å². The topological polar surface area (TPSA) is 17.3 Å². The Labute approximate surface area is 110 Å². The lowest BCUT2D eigenvalue weighted by atomic mass is 10.2. The molecule has 0 aliphatic carbocycles. The average molecular weight is 311 g/mol. The molecule has 0 aliphatic heterocycles. The second-order valence-electron chi connectivity index (χ2n) is 3.78. The highest BCUT2D eigenvalue weighted by molar-refractivity contribution is 9.10. The molecule has 0 saturated carbocycles. The Balaban J connectivity index is 2.20. The van der Waals surface area contributed by atoms with Gasteiger partial charge in [0.2, 0.25) is 0 Å². The van der Waals surface area contributed by atoms with E-state index in [-0.39, 0.29) is 5.82 Å². The molecule has 2 aromatic heterocycles. The zero-order valence-corrected chi connectivity index (χ0v) is 11.3. The SMILES string of the molecule is Cc1csc2nc(-c3ccc(F)cc3Br)cn12. The second-order valence-corrected chi connectivity index (χ2v) is 5.47. The van der Waals surface area contributed by atoms with Gasteiger partial charge in [0, 0.05) is 27.3 Å². The van der Waals surface area contributed by atoms with Crippen molar-refractivity contribution >= 4 is 32.2 Å². The molecule has 0 amide bonds. The van der Waals surface area contributed by atoms with E-state index in [1.165, 1.54) is 12.1 Å². The molecule has 0 fully saturated rings. The molecule has 0 aliphatic rings. The van der Waals surface area contributed by atoms with Crippen molar-refractivity contribution in [3.63, 3.8) is 0 Å². The highest BCUT2D eigenvalue weighted by atomic mass is 79.9. The van der Waals surface area contributed by atoms with E-state index in [2.05, 4.69) is 26.3 Å². The summed E-state index contributed by atoms with van der Waals surface area (Å²) >= 11 is 4.96. The van der Waals surface area contributed by atoms with E-state index < -0.39 is 0 Å². The van der Waals surface area contributed by atoms with Gasteiger partial charge in [0.1, 0.15) is 5.82 Å².